The molecule has 3 aromatic heterocycles. The summed E-state index contributed by atoms with van der Waals surface area (Å²) in [4.78, 5) is 25.8. The lowest BCUT2D eigenvalue weighted by molar-refractivity contribution is -0.120. The number of imidazole rings is 1. The van der Waals surface area contributed by atoms with E-state index in [2.05, 4.69) is 10.5 Å². The molecule has 0 bridgehead atoms. The Bertz CT molecular complexity index is 2120. The van der Waals surface area contributed by atoms with Crippen molar-refractivity contribution in [3.05, 3.63) is 101 Å². The summed E-state index contributed by atoms with van der Waals surface area (Å²) < 4.78 is 35.8. The first-order valence-electron chi connectivity index (χ1n) is 14.7. The first-order valence-corrected chi connectivity index (χ1v) is 16.0. The van der Waals surface area contributed by atoms with Crippen LogP contribution < -0.4 is 10.2 Å². The van der Waals surface area contributed by atoms with Gasteiger partial charge in [-0.05, 0) is 56.5 Å². The molecule has 3 aromatic carbocycles. The molecule has 1 aliphatic rings. The Morgan fingerprint density at radius 2 is 1.80 bits per heavy atom. The van der Waals surface area contributed by atoms with Crippen LogP contribution in [0.1, 0.15) is 48.1 Å². The second kappa shape index (κ2) is 11.8. The van der Waals surface area contributed by atoms with Gasteiger partial charge in [-0.15, -0.1) is 11.3 Å². The molecule has 1 atom stereocenters. The Morgan fingerprint density at radius 1 is 1.02 bits per heavy atom. The van der Waals surface area contributed by atoms with Crippen LogP contribution in [0.15, 0.2) is 70.6 Å². The first-order chi connectivity index (χ1) is 22.2. The standard InChI is InChI=1S/C34H28F2N6O2S2/c1-18-31(19(2)44-40-18)22-11-14-28-26(15-22)38-32(29-5-4-6-30(43)41(29)23-12-13-24(35)25(36)16-23)42(28)34-39-27(17-46-34)20-7-9-21(10-8-20)33(45)37-3/h7-17,29H,4-6H2,1-3H3,(H,37,45)/t29-/m0/s1. The van der Waals surface area contributed by atoms with Crippen LogP contribution in [0.3, 0.4) is 0 Å². The van der Waals surface area contributed by atoms with Crippen molar-refractivity contribution in [3.63, 3.8) is 0 Å². The summed E-state index contributed by atoms with van der Waals surface area (Å²) in [6.45, 7) is 3.76. The van der Waals surface area contributed by atoms with Crippen LogP contribution in [-0.4, -0.2) is 37.6 Å². The number of thiazole rings is 1. The van der Waals surface area contributed by atoms with Gasteiger partial charge in [0.2, 0.25) is 5.91 Å². The number of hydrogen-bond acceptors (Lipinski definition) is 7. The zero-order valence-electron chi connectivity index (χ0n) is 25.2. The molecule has 46 heavy (non-hydrogen) atoms. The number of carbonyl (C=O) groups excluding carboxylic acids is 1. The summed E-state index contributed by atoms with van der Waals surface area (Å²) in [7, 11) is 1.79. The molecule has 12 heteroatoms. The van der Waals surface area contributed by atoms with Gasteiger partial charge in [-0.3, -0.25) is 9.36 Å². The van der Waals surface area contributed by atoms with Crippen LogP contribution in [-0.2, 0) is 4.79 Å². The van der Waals surface area contributed by atoms with Gasteiger partial charge in [0, 0.05) is 47.3 Å². The number of carbonyl (C=O) groups is 1. The number of piperidine rings is 1. The molecule has 0 radical (unpaired) electrons. The smallest absolute Gasteiger partial charge is 0.227 e. The van der Waals surface area contributed by atoms with Crippen molar-refractivity contribution in [2.24, 2.45) is 0 Å². The predicted molar refractivity (Wildman–Crippen MR) is 178 cm³/mol. The monoisotopic (exact) mass is 654 g/mol. The number of aryl methyl sites for hydroxylation is 2. The SMILES string of the molecule is CNC(=S)c1ccc(-c2csc(-n3c([C@@H]4CCCC(=O)N4c4ccc(F)c(F)c4)nc4cc(-c5c(C)noc5C)ccc43)n2)cc1. The predicted octanol–water partition coefficient (Wildman–Crippen LogP) is 7.85. The number of fused-ring (bicyclic) bond motifs is 1. The molecule has 1 aliphatic heterocycles. The molecule has 1 saturated heterocycles. The molecule has 0 spiro atoms. The fourth-order valence-corrected chi connectivity index (χ4v) is 7.07. The van der Waals surface area contributed by atoms with E-state index >= 15 is 0 Å². The van der Waals surface area contributed by atoms with Crippen molar-refractivity contribution in [1.29, 1.82) is 0 Å². The van der Waals surface area contributed by atoms with Crippen LogP contribution in [0, 0.1) is 25.5 Å². The molecule has 6 aromatic rings. The summed E-state index contributed by atoms with van der Waals surface area (Å²) in [5.41, 5.74) is 6.94. The van der Waals surface area contributed by atoms with E-state index in [1.807, 2.05) is 66.3 Å². The van der Waals surface area contributed by atoms with Gasteiger partial charge in [0.15, 0.2) is 16.8 Å². The summed E-state index contributed by atoms with van der Waals surface area (Å²) in [5.74, 6) is -0.890. The molecule has 0 aliphatic carbocycles. The van der Waals surface area contributed by atoms with E-state index in [1.165, 1.54) is 22.3 Å². The van der Waals surface area contributed by atoms with Crippen molar-refractivity contribution in [1.82, 2.24) is 25.0 Å². The van der Waals surface area contributed by atoms with Crippen LogP contribution >= 0.6 is 23.6 Å². The number of thiocarbonyl (C=S) groups is 1. The molecule has 7 rings (SSSR count). The number of nitrogens with zero attached hydrogens (tertiary/aromatic N) is 5. The maximum absolute atomic E-state index is 14.4. The number of halogens is 2. The van der Waals surface area contributed by atoms with Crippen molar-refractivity contribution in [2.75, 3.05) is 11.9 Å². The van der Waals surface area contributed by atoms with E-state index < -0.39 is 17.7 Å². The topological polar surface area (TPSA) is 89.1 Å². The third kappa shape index (κ3) is 5.17. The zero-order valence-corrected chi connectivity index (χ0v) is 26.8. The zero-order chi connectivity index (χ0) is 32.1. The molecule has 232 valence electrons. The number of nitrogens with one attached hydrogen (secondary N) is 1. The second-order valence-corrected chi connectivity index (χ2v) is 12.4. The molecule has 8 nitrogen and oxygen atoms in total. The van der Waals surface area contributed by atoms with Gasteiger partial charge in [-0.25, -0.2) is 18.7 Å². The Balaban J connectivity index is 1.39. The van der Waals surface area contributed by atoms with E-state index in [9.17, 15) is 13.6 Å². The third-order valence-corrected chi connectivity index (χ3v) is 9.55. The highest BCUT2D eigenvalue weighted by Crippen LogP contribution is 2.40. The number of rotatable bonds is 6. The molecule has 4 heterocycles. The Morgan fingerprint density at radius 3 is 2.52 bits per heavy atom. The number of benzene rings is 3. The molecular weight excluding hydrogens is 627 g/mol. The minimum atomic E-state index is -1.02. The van der Waals surface area contributed by atoms with Gasteiger partial charge >= 0.3 is 0 Å². The van der Waals surface area contributed by atoms with E-state index in [0.29, 0.717) is 46.5 Å². The van der Waals surface area contributed by atoms with E-state index in [1.54, 1.807) is 7.05 Å². The van der Waals surface area contributed by atoms with Gasteiger partial charge in [0.05, 0.1) is 28.5 Å². The van der Waals surface area contributed by atoms with Crippen molar-refractivity contribution in [3.8, 4) is 27.5 Å². The molecule has 1 amide bonds. The third-order valence-electron chi connectivity index (χ3n) is 8.28. The number of amides is 1. The maximum Gasteiger partial charge on any atom is 0.227 e. The van der Waals surface area contributed by atoms with E-state index in [0.717, 1.165) is 51.3 Å². The number of anilines is 1. The van der Waals surface area contributed by atoms with Crippen molar-refractivity contribution >= 4 is 51.2 Å². The first kappa shape index (κ1) is 29.9. The minimum Gasteiger partial charge on any atom is -0.379 e. The highest BCUT2D eigenvalue weighted by molar-refractivity contribution is 7.80. The van der Waals surface area contributed by atoms with Crippen LogP contribution in [0.2, 0.25) is 0 Å². The highest BCUT2D eigenvalue weighted by atomic mass is 32.1. The van der Waals surface area contributed by atoms with Gasteiger partial charge in [0.25, 0.3) is 0 Å². The summed E-state index contributed by atoms with van der Waals surface area (Å²) in [5, 5.41) is 9.75. The Hall–Kier alpha value is -4.81. The molecule has 0 saturated carbocycles. The normalized spacial score (nSPS) is 15.1. The van der Waals surface area contributed by atoms with E-state index in [-0.39, 0.29) is 11.6 Å². The quantitative estimate of drug-likeness (QED) is 0.183. The highest BCUT2D eigenvalue weighted by Gasteiger charge is 2.35. The van der Waals surface area contributed by atoms with Crippen LogP contribution in [0.4, 0.5) is 14.5 Å². The largest absolute Gasteiger partial charge is 0.379 e. The minimum absolute atomic E-state index is 0.184. The fraction of sp³-hybridized carbons (Fsp3) is 0.206. The Kier molecular flexibility index (Phi) is 7.69. The lowest BCUT2D eigenvalue weighted by Gasteiger charge is -2.35. The van der Waals surface area contributed by atoms with Crippen LogP contribution in [0.25, 0.3) is 38.5 Å². The van der Waals surface area contributed by atoms with Crippen molar-refractivity contribution in [2.45, 2.75) is 39.2 Å². The molecule has 0 unspecified atom stereocenters. The van der Waals surface area contributed by atoms with Crippen molar-refractivity contribution < 1.29 is 18.1 Å². The lowest BCUT2D eigenvalue weighted by Crippen LogP contribution is -2.39. The molecule has 1 fully saturated rings. The fourth-order valence-electron chi connectivity index (χ4n) is 6.08. The Labute approximate surface area is 272 Å². The van der Waals surface area contributed by atoms with Gasteiger partial charge in [-0.1, -0.05) is 47.7 Å². The van der Waals surface area contributed by atoms with E-state index in [4.69, 9.17) is 26.7 Å². The number of aromatic nitrogens is 4. The second-order valence-electron chi connectivity index (χ2n) is 11.2. The van der Waals surface area contributed by atoms with Gasteiger partial charge < -0.3 is 14.7 Å². The summed E-state index contributed by atoms with van der Waals surface area (Å²) in [6, 6.07) is 16.8. The maximum atomic E-state index is 14.4. The van der Waals surface area contributed by atoms with Gasteiger partial charge in [0.1, 0.15) is 16.6 Å². The van der Waals surface area contributed by atoms with Crippen LogP contribution in [0.5, 0.6) is 0 Å². The summed E-state index contributed by atoms with van der Waals surface area (Å²) in [6.07, 6.45) is 1.50. The number of hydrogen-bond donors (Lipinski definition) is 1. The average molecular weight is 655 g/mol. The molecular formula is C34H28F2N6O2S2. The average Bonchev–Trinajstić information content (AvgIpc) is 3.78. The summed E-state index contributed by atoms with van der Waals surface area (Å²) >= 11 is 6.82. The molecule has 1 N–H and O–H groups in total. The van der Waals surface area contributed by atoms with Gasteiger partial charge in [-0.2, -0.15) is 0 Å². The lowest BCUT2D eigenvalue weighted by atomic mass is 9.99.